The van der Waals surface area contributed by atoms with Crippen LogP contribution in [0.15, 0.2) is 42.5 Å². The molecule has 126 valence electrons. The Labute approximate surface area is 150 Å². The molecule has 2 aromatic heterocycles. The molecular weight excluding hydrogens is 334 g/mol. The van der Waals surface area contributed by atoms with Gasteiger partial charge in [-0.3, -0.25) is 10.2 Å². The summed E-state index contributed by atoms with van der Waals surface area (Å²) in [7, 11) is 0. The van der Waals surface area contributed by atoms with Gasteiger partial charge in [0.2, 0.25) is 0 Å². The fourth-order valence-corrected chi connectivity index (χ4v) is 3.10. The number of H-pyrrole nitrogens is 2. The van der Waals surface area contributed by atoms with Crippen LogP contribution < -0.4 is 0 Å². The fourth-order valence-electron chi connectivity index (χ4n) is 2.91. The van der Waals surface area contributed by atoms with Crippen LogP contribution in [0.1, 0.15) is 19.7 Å². The predicted molar refractivity (Wildman–Crippen MR) is 100 cm³/mol. The van der Waals surface area contributed by atoms with Gasteiger partial charge >= 0.3 is 0 Å². The van der Waals surface area contributed by atoms with Crippen molar-refractivity contribution in [2.45, 2.75) is 20.3 Å². The second-order valence-corrected chi connectivity index (χ2v) is 6.98. The standard InChI is InChI=1S/C19H18ClN5/c1-11(2)8-17-21-19(25-23-17)13-6-7-16-15(10-13)18(24-22-16)12-4-3-5-14(20)9-12/h3-7,9-11H,8H2,1-2H3,(H,22,24)(H,21,23,25). The van der Waals surface area contributed by atoms with Crippen LogP contribution in [0.3, 0.4) is 0 Å². The third-order valence-electron chi connectivity index (χ3n) is 4.05. The second kappa shape index (κ2) is 6.33. The number of aromatic nitrogens is 5. The Kier molecular flexibility index (Phi) is 4.01. The van der Waals surface area contributed by atoms with Crippen LogP contribution in [0.2, 0.25) is 5.02 Å². The largest absolute Gasteiger partial charge is 0.277 e. The molecule has 0 fully saturated rings. The molecule has 0 spiro atoms. The molecule has 0 saturated carbocycles. The number of nitrogens with one attached hydrogen (secondary N) is 2. The summed E-state index contributed by atoms with van der Waals surface area (Å²) in [6.45, 7) is 4.33. The van der Waals surface area contributed by atoms with E-state index in [9.17, 15) is 0 Å². The minimum Gasteiger partial charge on any atom is -0.277 e. The van der Waals surface area contributed by atoms with Gasteiger partial charge in [0.05, 0.1) is 11.2 Å². The molecule has 0 unspecified atom stereocenters. The molecule has 0 atom stereocenters. The summed E-state index contributed by atoms with van der Waals surface area (Å²) < 4.78 is 0. The molecule has 6 heteroatoms. The van der Waals surface area contributed by atoms with E-state index in [-0.39, 0.29) is 0 Å². The van der Waals surface area contributed by atoms with Gasteiger partial charge in [0.25, 0.3) is 0 Å². The van der Waals surface area contributed by atoms with Crippen LogP contribution >= 0.6 is 11.6 Å². The molecule has 25 heavy (non-hydrogen) atoms. The SMILES string of the molecule is CC(C)Cc1nc(-c2ccc3[nH]nc(-c4cccc(Cl)c4)c3c2)n[nH]1. The maximum absolute atomic E-state index is 6.12. The van der Waals surface area contributed by atoms with Crippen LogP contribution in [0.5, 0.6) is 0 Å². The third-order valence-corrected chi connectivity index (χ3v) is 4.29. The van der Waals surface area contributed by atoms with E-state index >= 15 is 0 Å². The quantitative estimate of drug-likeness (QED) is 0.551. The van der Waals surface area contributed by atoms with Crippen molar-refractivity contribution in [2.75, 3.05) is 0 Å². The molecule has 2 aromatic carbocycles. The van der Waals surface area contributed by atoms with Crippen LogP contribution in [-0.4, -0.2) is 25.4 Å². The minimum absolute atomic E-state index is 0.534. The van der Waals surface area contributed by atoms with Gasteiger partial charge in [0.1, 0.15) is 5.82 Å². The Balaban J connectivity index is 1.77. The van der Waals surface area contributed by atoms with E-state index in [4.69, 9.17) is 11.6 Å². The van der Waals surface area contributed by atoms with Crippen molar-refractivity contribution in [1.82, 2.24) is 25.4 Å². The van der Waals surface area contributed by atoms with E-state index in [0.717, 1.165) is 40.0 Å². The highest BCUT2D eigenvalue weighted by Crippen LogP contribution is 2.30. The van der Waals surface area contributed by atoms with Crippen molar-refractivity contribution in [2.24, 2.45) is 5.92 Å². The number of benzene rings is 2. The zero-order valence-corrected chi connectivity index (χ0v) is 14.8. The molecule has 0 aliphatic heterocycles. The van der Waals surface area contributed by atoms with Gasteiger partial charge in [-0.05, 0) is 36.2 Å². The summed E-state index contributed by atoms with van der Waals surface area (Å²) >= 11 is 6.12. The van der Waals surface area contributed by atoms with Gasteiger partial charge in [0, 0.05) is 28.0 Å². The van der Waals surface area contributed by atoms with Crippen molar-refractivity contribution in [3.8, 4) is 22.6 Å². The number of hydrogen-bond acceptors (Lipinski definition) is 3. The van der Waals surface area contributed by atoms with Gasteiger partial charge < -0.3 is 0 Å². The Hall–Kier alpha value is -2.66. The van der Waals surface area contributed by atoms with Crippen molar-refractivity contribution < 1.29 is 0 Å². The molecule has 4 aromatic rings. The van der Waals surface area contributed by atoms with E-state index in [2.05, 4.69) is 45.3 Å². The van der Waals surface area contributed by atoms with E-state index < -0.39 is 0 Å². The normalized spacial score (nSPS) is 11.5. The lowest BCUT2D eigenvalue weighted by Gasteiger charge is -2.01. The van der Waals surface area contributed by atoms with Crippen molar-refractivity contribution in [3.63, 3.8) is 0 Å². The maximum atomic E-state index is 6.12. The van der Waals surface area contributed by atoms with Crippen molar-refractivity contribution >= 4 is 22.5 Å². The number of nitrogens with zero attached hydrogens (tertiary/aromatic N) is 3. The molecule has 4 rings (SSSR count). The summed E-state index contributed by atoms with van der Waals surface area (Å²) in [6, 6.07) is 13.8. The summed E-state index contributed by atoms with van der Waals surface area (Å²) in [4.78, 5) is 4.61. The number of hydrogen-bond donors (Lipinski definition) is 2. The van der Waals surface area contributed by atoms with Crippen molar-refractivity contribution in [3.05, 3.63) is 53.3 Å². The minimum atomic E-state index is 0.534. The average molecular weight is 352 g/mol. The lowest BCUT2D eigenvalue weighted by Crippen LogP contribution is -1.95. The van der Waals surface area contributed by atoms with Gasteiger partial charge in [-0.25, -0.2) is 4.98 Å². The smallest absolute Gasteiger partial charge is 0.181 e. The number of halogens is 1. The van der Waals surface area contributed by atoms with Crippen LogP contribution in [0, 0.1) is 5.92 Å². The van der Waals surface area contributed by atoms with Crippen LogP contribution in [0.4, 0.5) is 0 Å². The van der Waals surface area contributed by atoms with E-state index in [1.54, 1.807) is 0 Å². The first-order valence-corrected chi connectivity index (χ1v) is 8.63. The van der Waals surface area contributed by atoms with Gasteiger partial charge in [-0.15, -0.1) is 0 Å². The van der Waals surface area contributed by atoms with Gasteiger partial charge in [0.15, 0.2) is 5.82 Å². The molecule has 0 aliphatic carbocycles. The highest BCUT2D eigenvalue weighted by atomic mass is 35.5. The fraction of sp³-hybridized carbons (Fsp3) is 0.211. The van der Waals surface area contributed by atoms with E-state index in [1.807, 2.05) is 36.4 Å². The summed E-state index contributed by atoms with van der Waals surface area (Å²) in [6.07, 6.45) is 0.884. The topological polar surface area (TPSA) is 70.2 Å². The zero-order valence-electron chi connectivity index (χ0n) is 14.0. The second-order valence-electron chi connectivity index (χ2n) is 6.55. The Morgan fingerprint density at radius 2 is 1.88 bits per heavy atom. The molecule has 2 N–H and O–H groups in total. The molecule has 0 amide bonds. The molecule has 0 radical (unpaired) electrons. The predicted octanol–water partition coefficient (Wildman–Crippen LogP) is 4.87. The van der Waals surface area contributed by atoms with Gasteiger partial charge in [-0.2, -0.15) is 10.2 Å². The molecule has 0 aliphatic rings. The summed E-state index contributed by atoms with van der Waals surface area (Å²) in [5.41, 5.74) is 3.78. The van der Waals surface area contributed by atoms with Crippen LogP contribution in [0.25, 0.3) is 33.5 Å². The van der Waals surface area contributed by atoms with Gasteiger partial charge in [-0.1, -0.05) is 37.6 Å². The first-order valence-electron chi connectivity index (χ1n) is 8.26. The summed E-state index contributed by atoms with van der Waals surface area (Å²) in [5.74, 6) is 2.15. The highest BCUT2D eigenvalue weighted by molar-refractivity contribution is 6.30. The zero-order chi connectivity index (χ0) is 17.4. The summed E-state index contributed by atoms with van der Waals surface area (Å²) in [5, 5.41) is 16.6. The average Bonchev–Trinajstić information content (AvgIpc) is 3.20. The molecule has 5 nitrogen and oxygen atoms in total. The van der Waals surface area contributed by atoms with E-state index in [0.29, 0.717) is 16.8 Å². The number of rotatable bonds is 4. The maximum Gasteiger partial charge on any atom is 0.181 e. The Morgan fingerprint density at radius 3 is 2.68 bits per heavy atom. The number of fused-ring (bicyclic) bond motifs is 1. The monoisotopic (exact) mass is 351 g/mol. The van der Waals surface area contributed by atoms with E-state index in [1.165, 1.54) is 0 Å². The molecule has 0 saturated heterocycles. The molecule has 0 bridgehead atoms. The van der Waals surface area contributed by atoms with Crippen LogP contribution in [-0.2, 0) is 6.42 Å². The third kappa shape index (κ3) is 3.15. The lowest BCUT2D eigenvalue weighted by atomic mass is 10.1. The lowest BCUT2D eigenvalue weighted by molar-refractivity contribution is 0.622. The van der Waals surface area contributed by atoms with Crippen molar-refractivity contribution in [1.29, 1.82) is 0 Å². The first kappa shape index (κ1) is 15.8. The molecule has 2 heterocycles. The Morgan fingerprint density at radius 1 is 1.00 bits per heavy atom. The Bertz CT molecular complexity index is 1030. The first-order chi connectivity index (χ1) is 12.1. The number of aromatic amines is 2. The molecular formula is C19H18ClN5. The highest BCUT2D eigenvalue weighted by Gasteiger charge is 2.12.